The van der Waals surface area contributed by atoms with Crippen LogP contribution in [0.3, 0.4) is 0 Å². The average molecular weight is 343 g/mol. The molecule has 0 N–H and O–H groups in total. The Kier molecular flexibility index (Phi) is 185. The van der Waals surface area contributed by atoms with Crippen LogP contribution in [0.15, 0.2) is 0 Å². The number of aldehydes is 2. The molecule has 0 aliphatic heterocycles. The van der Waals surface area contributed by atoms with Gasteiger partial charge in [-0.15, -0.1) is 0 Å². The van der Waals surface area contributed by atoms with Gasteiger partial charge in [-0.05, 0) is 0 Å². The summed E-state index contributed by atoms with van der Waals surface area (Å²) in [4.78, 5) is 38.3. The van der Waals surface area contributed by atoms with Gasteiger partial charge in [-0.3, -0.25) is 19.2 Å². The summed E-state index contributed by atoms with van der Waals surface area (Å²) < 4.78 is 30.0. The Morgan fingerprint density at radius 3 is 0.778 bits per heavy atom. The fourth-order valence-corrected chi connectivity index (χ4v) is 0.116. The summed E-state index contributed by atoms with van der Waals surface area (Å²) in [6.45, 7) is 18.0. The molecule has 0 fully saturated rings. The molecule has 0 atom stereocenters. The van der Waals surface area contributed by atoms with Crippen molar-refractivity contribution < 1.29 is 70.8 Å². The van der Waals surface area contributed by atoms with Gasteiger partial charge in [0.15, 0.2) is 12.6 Å². The van der Waals surface area contributed by atoms with Crippen LogP contribution < -0.4 is 0 Å². The fourth-order valence-electron chi connectivity index (χ4n) is 0.116. The molecule has 0 aliphatic carbocycles. The van der Waals surface area contributed by atoms with Crippen molar-refractivity contribution in [2.24, 2.45) is 0 Å². The van der Waals surface area contributed by atoms with Crippen molar-refractivity contribution in [3.63, 3.8) is 0 Å². The van der Waals surface area contributed by atoms with E-state index < -0.39 is 11.6 Å². The molecule has 102 valence electrons. The van der Waals surface area contributed by atoms with Crippen molar-refractivity contribution in [2.45, 2.75) is 0 Å². The van der Waals surface area contributed by atoms with E-state index in [4.69, 9.17) is 18.6 Å². The SMILES string of the molecule is O=CC(=O)C(=O)C=O.[C-]#[O+].[C-]#[O+].[C-]#[O+].[C-]#[O+].[Ni].[Ni]. The van der Waals surface area contributed by atoms with Gasteiger partial charge in [-0.1, -0.05) is 0 Å². The van der Waals surface area contributed by atoms with E-state index in [1.165, 1.54) is 0 Å². The van der Waals surface area contributed by atoms with Gasteiger partial charge in [-0.25, -0.2) is 0 Å². The minimum atomic E-state index is -1.31. The summed E-state index contributed by atoms with van der Waals surface area (Å²) >= 11 is 0. The normalized spacial score (nSPS) is 3.78. The minimum Gasteiger partial charge on any atom is 0 e. The van der Waals surface area contributed by atoms with Crippen molar-refractivity contribution in [2.75, 3.05) is 0 Å². The Morgan fingerprint density at radius 1 is 0.611 bits per heavy atom. The van der Waals surface area contributed by atoms with Gasteiger partial charge in [0, 0.05) is 33.0 Å². The third kappa shape index (κ3) is 61.8. The second-order valence-electron chi connectivity index (χ2n) is 0.964. The largest absolute Gasteiger partial charge is 0 e. The van der Waals surface area contributed by atoms with Crippen LogP contribution in [-0.2, 0) is 70.8 Å². The van der Waals surface area contributed by atoms with Crippen LogP contribution in [-0.4, -0.2) is 24.1 Å². The number of carbonyl (C=O) groups is 4. The number of ketones is 2. The second kappa shape index (κ2) is 76.1. The molecule has 0 spiro atoms. The first-order valence-corrected chi connectivity index (χ1v) is 2.52. The van der Waals surface area contributed by atoms with Crippen molar-refractivity contribution in [3.8, 4) is 0 Å². The summed E-state index contributed by atoms with van der Waals surface area (Å²) in [5.74, 6) is -2.61. The zero-order chi connectivity index (χ0) is 14.6. The van der Waals surface area contributed by atoms with Gasteiger partial charge in [0.25, 0.3) is 11.6 Å². The van der Waals surface area contributed by atoms with E-state index in [-0.39, 0.29) is 45.6 Å². The predicted molar refractivity (Wildman–Crippen MR) is 37.9 cm³/mol. The van der Waals surface area contributed by atoms with E-state index in [1.807, 2.05) is 0 Å². The van der Waals surface area contributed by atoms with Gasteiger partial charge in [0.2, 0.25) is 0 Å². The molecule has 0 bridgehead atoms. The van der Waals surface area contributed by atoms with Gasteiger partial charge in [0.1, 0.15) is 0 Å². The molecule has 0 aromatic heterocycles. The number of Topliss-reactive ketones (excluding diaryl/α,β-unsaturated/α-hetero) is 2. The molecular weight excluding hydrogens is 341 g/mol. The van der Waals surface area contributed by atoms with Crippen LogP contribution in [0, 0.1) is 26.6 Å². The van der Waals surface area contributed by atoms with E-state index in [9.17, 15) is 19.2 Å². The third-order valence-corrected chi connectivity index (χ3v) is 0.457. The maximum Gasteiger partial charge on any atom is 0 e. The molecule has 0 saturated heterocycles. The number of hydrogen-bond acceptors (Lipinski definition) is 4. The number of rotatable bonds is 3. The first-order valence-electron chi connectivity index (χ1n) is 2.52. The van der Waals surface area contributed by atoms with E-state index in [0.29, 0.717) is 0 Å². The molecule has 0 aromatic carbocycles. The number of carbonyl (C=O) groups excluding carboxylic acids is 4. The number of hydrogen-bond donors (Lipinski definition) is 0. The van der Waals surface area contributed by atoms with Crippen molar-refractivity contribution in [3.05, 3.63) is 26.6 Å². The van der Waals surface area contributed by atoms with Gasteiger partial charge in [-0.2, -0.15) is 0 Å². The topological polar surface area (TPSA) is 148 Å². The van der Waals surface area contributed by atoms with E-state index >= 15 is 0 Å². The second-order valence-corrected chi connectivity index (χ2v) is 0.964. The van der Waals surface area contributed by atoms with Crippen LogP contribution in [0.2, 0.25) is 0 Å². The Morgan fingerprint density at radius 2 is 0.722 bits per heavy atom. The smallest absolute Gasteiger partial charge is 0 e. The molecule has 10 heteroatoms. The van der Waals surface area contributed by atoms with E-state index in [0.717, 1.165) is 0 Å². The Balaban J connectivity index is -0.0000000209. The van der Waals surface area contributed by atoms with Crippen LogP contribution in [0.25, 0.3) is 0 Å². The zero-order valence-corrected chi connectivity index (χ0v) is 10.0. The summed E-state index contributed by atoms with van der Waals surface area (Å²) in [5, 5.41) is 0. The maximum absolute atomic E-state index is 9.79. The summed E-state index contributed by atoms with van der Waals surface area (Å²) in [6.07, 6.45) is -0.395. The Bertz CT molecular complexity index is 246. The van der Waals surface area contributed by atoms with E-state index in [1.54, 1.807) is 0 Å². The third-order valence-electron chi connectivity index (χ3n) is 0.457. The molecule has 0 heterocycles. The molecule has 0 aromatic rings. The summed E-state index contributed by atoms with van der Waals surface area (Å²) in [5.41, 5.74) is 0. The fraction of sp³-hybridized carbons (Fsp3) is 0. The maximum atomic E-state index is 9.79. The molecule has 18 heavy (non-hydrogen) atoms. The van der Waals surface area contributed by atoms with Crippen LogP contribution in [0.1, 0.15) is 0 Å². The molecular formula is C8H2Ni2O8. The summed E-state index contributed by atoms with van der Waals surface area (Å²) in [6, 6.07) is 0. The van der Waals surface area contributed by atoms with Gasteiger partial charge in [0.05, 0.1) is 0 Å². The molecule has 8 nitrogen and oxygen atoms in total. The Labute approximate surface area is 122 Å². The molecule has 0 radical (unpaired) electrons. The minimum absolute atomic E-state index is 0. The quantitative estimate of drug-likeness (QED) is 0.151. The van der Waals surface area contributed by atoms with Gasteiger partial charge < -0.3 is 0 Å². The monoisotopic (exact) mass is 342 g/mol. The van der Waals surface area contributed by atoms with Crippen LogP contribution in [0.5, 0.6) is 0 Å². The summed E-state index contributed by atoms with van der Waals surface area (Å²) in [7, 11) is 0. The standard InChI is InChI=1S/C4H2O4.4CO.2Ni/c5-1-3(7)4(8)2-6;4*1-2;;/h1-2H;;;;;;. The average Bonchev–Trinajstić information content (AvgIpc) is 2.45. The van der Waals surface area contributed by atoms with E-state index in [2.05, 4.69) is 26.6 Å². The zero-order valence-electron chi connectivity index (χ0n) is 8.05. The van der Waals surface area contributed by atoms with Crippen molar-refractivity contribution in [1.29, 1.82) is 0 Å². The predicted octanol–water partition coefficient (Wildman–Crippen LogP) is -1.63. The first kappa shape index (κ1) is 43.8. The molecule has 0 amide bonds. The van der Waals surface area contributed by atoms with Crippen molar-refractivity contribution in [1.82, 2.24) is 0 Å². The Hall–Kier alpha value is -1.37. The van der Waals surface area contributed by atoms with Gasteiger partial charge >= 0.3 is 45.2 Å². The van der Waals surface area contributed by atoms with Crippen LogP contribution >= 0.6 is 0 Å². The molecule has 0 unspecified atom stereocenters. The molecule has 0 saturated carbocycles. The van der Waals surface area contributed by atoms with Crippen LogP contribution in [0.4, 0.5) is 0 Å². The first-order chi connectivity index (χ1) is 7.72. The molecule has 0 aliphatic rings. The van der Waals surface area contributed by atoms with Crippen molar-refractivity contribution >= 4 is 24.1 Å². The molecule has 0 rings (SSSR count).